The monoisotopic (exact) mass is 828 g/mol. The van der Waals surface area contributed by atoms with Crippen molar-refractivity contribution < 1.29 is 39.9 Å². The van der Waals surface area contributed by atoms with Crippen LogP contribution in [0.15, 0.2) is 19.2 Å². The average molecular weight is 829 g/mol. The van der Waals surface area contributed by atoms with Crippen molar-refractivity contribution in [2.75, 3.05) is 52.3 Å². The number of nitrogens with two attached hydrogens (primary N) is 2. The van der Waals surface area contributed by atoms with E-state index >= 15 is 0 Å². The van der Waals surface area contributed by atoms with Crippen LogP contribution < -0.4 is 52.8 Å². The normalized spacial score (nSPS) is 25.0. The molecule has 0 bridgehead atoms. The molecule has 4 fully saturated rings. The summed E-state index contributed by atoms with van der Waals surface area (Å²) in [6.07, 6.45) is 10.1. The van der Waals surface area contributed by atoms with Gasteiger partial charge in [0, 0.05) is 62.7 Å². The molecule has 2 aliphatic carbocycles. The van der Waals surface area contributed by atoms with Gasteiger partial charge in [0.25, 0.3) is 21.7 Å². The molecule has 0 spiro atoms. The summed E-state index contributed by atoms with van der Waals surface area (Å²) >= 11 is 0. The Morgan fingerprint density at radius 2 is 1.08 bits per heavy atom. The molecule has 18 nitrogen and oxygen atoms in total. The Balaban J connectivity index is 0.000000224. The van der Waals surface area contributed by atoms with Crippen molar-refractivity contribution in [2.24, 2.45) is 23.3 Å². The molecule has 2 heterocycles. The highest BCUT2D eigenvalue weighted by molar-refractivity contribution is 6.41. The number of anilines is 4. The summed E-state index contributed by atoms with van der Waals surface area (Å²) in [5, 5.41) is 55.7. The van der Waals surface area contributed by atoms with Gasteiger partial charge in [-0.25, -0.2) is 0 Å². The molecule has 0 unspecified atom stereocenters. The van der Waals surface area contributed by atoms with Gasteiger partial charge >= 0.3 is 26.2 Å². The van der Waals surface area contributed by atoms with Gasteiger partial charge < -0.3 is 61.4 Å². The van der Waals surface area contributed by atoms with E-state index in [9.17, 15) is 39.0 Å². The van der Waals surface area contributed by atoms with E-state index in [2.05, 4.69) is 0 Å². The Kier molecular flexibility index (Phi) is 14.8. The van der Waals surface area contributed by atoms with Crippen LogP contribution >= 0.6 is 0 Å². The first-order chi connectivity index (χ1) is 27.8. The predicted molar refractivity (Wildman–Crippen MR) is 227 cm³/mol. The number of carboxylic acid groups (broad SMARTS) is 2. The van der Waals surface area contributed by atoms with Crippen molar-refractivity contribution in [1.29, 1.82) is 0 Å². The highest BCUT2D eigenvalue weighted by Crippen LogP contribution is 2.40. The molecule has 2 aliphatic heterocycles. The first-order valence-corrected chi connectivity index (χ1v) is 21.3. The summed E-state index contributed by atoms with van der Waals surface area (Å²) in [4.78, 5) is 81.2. The first kappa shape index (κ1) is 46.3. The van der Waals surface area contributed by atoms with Crippen LogP contribution in [0.1, 0.15) is 97.8 Å². The summed E-state index contributed by atoms with van der Waals surface area (Å²) in [6, 6.07) is 0.480. The fourth-order valence-electron chi connectivity index (χ4n) is 10.2. The minimum absolute atomic E-state index is 0.0432. The van der Waals surface area contributed by atoms with E-state index in [0.717, 1.165) is 51.4 Å². The van der Waals surface area contributed by atoms with Crippen LogP contribution in [-0.4, -0.2) is 118 Å². The van der Waals surface area contributed by atoms with Crippen molar-refractivity contribution in [1.82, 2.24) is 0 Å². The number of nitrogens with zero attached hydrogens (tertiary/aromatic N) is 4. The molecule has 2 aromatic rings. The number of hydrogen-bond acceptors (Lipinski definition) is 16. The number of carboxylic acids is 2. The van der Waals surface area contributed by atoms with E-state index in [-0.39, 0.29) is 56.9 Å². The zero-order chi connectivity index (χ0) is 43.6. The van der Waals surface area contributed by atoms with Crippen molar-refractivity contribution in [3.8, 4) is 0 Å². The minimum Gasteiger partial charge on any atom is -0.480 e. The highest BCUT2D eigenvalue weighted by atomic mass is 16.4. The molecule has 0 amide bonds. The average Bonchev–Trinajstić information content (AvgIpc) is 4.00. The van der Waals surface area contributed by atoms with Gasteiger partial charge in [-0.15, -0.1) is 0 Å². The van der Waals surface area contributed by atoms with Crippen LogP contribution in [0, 0.1) is 11.8 Å². The summed E-state index contributed by atoms with van der Waals surface area (Å²) in [5.74, 6) is -3.24. The molecule has 59 heavy (non-hydrogen) atoms. The summed E-state index contributed by atoms with van der Waals surface area (Å²) < 4.78 is 0. The number of rotatable bonds is 18. The molecular weight excluding hydrogens is 766 g/mol. The SMILES string of the molecule is CC(C)N(c1c(N2C[C@H](CCCB(O)O)[C@](N)(C(=O)O)C2)c(=O)c1=O)C1CCCC1.CCN(c1c(N2C[C@H](CCCB(O)O)[C@](N)(C(=O)O)C2)c(=O)c1=O)C1CCCC1. The third kappa shape index (κ3) is 9.27. The zero-order valence-electron chi connectivity index (χ0n) is 34.6. The summed E-state index contributed by atoms with van der Waals surface area (Å²) in [6.45, 7) is 6.96. The highest BCUT2D eigenvalue weighted by Gasteiger charge is 2.53. The minimum atomic E-state index is -1.56. The molecule has 2 saturated heterocycles. The Hall–Kier alpha value is -3.81. The molecule has 2 aromatic carbocycles. The molecule has 10 N–H and O–H groups in total. The van der Waals surface area contributed by atoms with Crippen molar-refractivity contribution in [2.45, 2.75) is 140 Å². The van der Waals surface area contributed by atoms with Crippen LogP contribution in [0.5, 0.6) is 0 Å². The maximum Gasteiger partial charge on any atom is 0.451 e. The van der Waals surface area contributed by atoms with Gasteiger partial charge in [-0.05, 0) is 71.9 Å². The molecular formula is C39H62B2N6O12. The third-order valence-corrected chi connectivity index (χ3v) is 13.3. The zero-order valence-corrected chi connectivity index (χ0v) is 34.6. The Bertz CT molecular complexity index is 1940. The molecule has 0 aromatic heterocycles. The van der Waals surface area contributed by atoms with Crippen LogP contribution in [0.25, 0.3) is 0 Å². The van der Waals surface area contributed by atoms with Gasteiger partial charge in [-0.3, -0.25) is 28.8 Å². The third-order valence-electron chi connectivity index (χ3n) is 13.3. The Labute approximate surface area is 344 Å². The number of hydrogen-bond donors (Lipinski definition) is 8. The second-order valence-electron chi connectivity index (χ2n) is 17.5. The van der Waals surface area contributed by atoms with Crippen LogP contribution in [-0.2, 0) is 9.59 Å². The molecule has 6 rings (SSSR count). The van der Waals surface area contributed by atoms with Crippen molar-refractivity contribution in [3.63, 3.8) is 0 Å². The van der Waals surface area contributed by atoms with Gasteiger partial charge in [0.1, 0.15) is 33.8 Å². The van der Waals surface area contributed by atoms with Gasteiger partial charge in [-0.2, -0.15) is 0 Å². The molecule has 4 atom stereocenters. The molecule has 2 saturated carbocycles. The van der Waals surface area contributed by atoms with Gasteiger partial charge in [0.15, 0.2) is 0 Å². The lowest BCUT2D eigenvalue weighted by molar-refractivity contribution is -0.145. The summed E-state index contributed by atoms with van der Waals surface area (Å²) in [5.41, 5.74) is 8.61. The van der Waals surface area contributed by atoms with Crippen molar-refractivity contribution in [3.05, 3.63) is 40.9 Å². The van der Waals surface area contributed by atoms with E-state index in [1.54, 1.807) is 9.80 Å². The Morgan fingerprint density at radius 3 is 1.46 bits per heavy atom. The smallest absolute Gasteiger partial charge is 0.451 e. The van der Waals surface area contributed by atoms with E-state index in [0.29, 0.717) is 55.0 Å². The fraction of sp³-hybridized carbons (Fsp3) is 0.744. The van der Waals surface area contributed by atoms with E-state index in [4.69, 9.17) is 31.6 Å². The van der Waals surface area contributed by atoms with Gasteiger partial charge in [-0.1, -0.05) is 38.5 Å². The quantitative estimate of drug-likeness (QED) is 0.0690. The largest absolute Gasteiger partial charge is 0.480 e. The lowest BCUT2D eigenvalue weighted by Crippen LogP contribution is -2.55. The maximum absolute atomic E-state index is 12.6. The van der Waals surface area contributed by atoms with E-state index in [1.807, 2.05) is 30.6 Å². The second-order valence-corrected chi connectivity index (χ2v) is 17.5. The maximum atomic E-state index is 12.6. The lowest BCUT2D eigenvalue weighted by atomic mass is 9.78. The number of carbonyl (C=O) groups is 2. The topological polar surface area (TPSA) is 289 Å². The van der Waals surface area contributed by atoms with E-state index in [1.165, 1.54) is 0 Å². The second kappa shape index (κ2) is 18.8. The van der Waals surface area contributed by atoms with Crippen LogP contribution in [0.4, 0.5) is 22.7 Å². The first-order valence-electron chi connectivity index (χ1n) is 21.3. The van der Waals surface area contributed by atoms with Crippen molar-refractivity contribution >= 4 is 48.9 Å². The standard InChI is InChI=1S/C20H32BN3O6.C19H30BN3O6/c1-12(2)24(14-7-3-4-8-14)16-15(17(25)18(16)26)23-10-13(6-5-9-21(29)30)20(22,11-23)19(27)28;1-2-23(13-7-3-4-8-13)15-14(16(24)17(15)25)22-10-12(6-5-9-20(28)29)19(21,11-22)18(26)27/h12-14,29-30H,3-11,22H2,1-2H3,(H,27,28);12-13,28-29H,2-11,21H2,1H3,(H,26,27)/t13-,20-;12-,19-/m00/s1. The lowest BCUT2D eigenvalue weighted by Gasteiger charge is -2.38. The van der Waals surface area contributed by atoms with Crippen LogP contribution in [0.2, 0.25) is 12.6 Å². The molecule has 326 valence electrons. The molecule has 4 aliphatic rings. The van der Waals surface area contributed by atoms with Gasteiger partial charge in [0.05, 0.1) is 0 Å². The molecule has 20 heteroatoms. The fourth-order valence-corrected chi connectivity index (χ4v) is 10.2. The predicted octanol–water partition coefficient (Wildman–Crippen LogP) is -0.566. The van der Waals surface area contributed by atoms with E-state index < -0.39 is 70.8 Å². The van der Waals surface area contributed by atoms with Crippen LogP contribution in [0.3, 0.4) is 0 Å². The summed E-state index contributed by atoms with van der Waals surface area (Å²) in [7, 11) is -2.90. The molecule has 0 radical (unpaired) electrons. The number of aliphatic carboxylic acids is 2. The van der Waals surface area contributed by atoms with Gasteiger partial charge in [0.2, 0.25) is 0 Å². The Morgan fingerprint density at radius 1 is 0.695 bits per heavy atom.